The van der Waals surface area contributed by atoms with Crippen LogP contribution < -0.4 is 10.5 Å². The number of hydrogen-bond acceptors (Lipinski definition) is 3. The molecule has 0 aliphatic carbocycles. The second kappa shape index (κ2) is 8.79. The number of aromatic amines is 1. The molecule has 0 radical (unpaired) electrons. The van der Waals surface area contributed by atoms with E-state index in [-0.39, 0.29) is 30.5 Å². The number of alkyl halides is 1. The van der Waals surface area contributed by atoms with Gasteiger partial charge in [0.15, 0.2) is 0 Å². The maximum absolute atomic E-state index is 15.4. The minimum atomic E-state index is -1.53. The smallest absolute Gasteiger partial charge is 0.135 e. The lowest BCUT2D eigenvalue weighted by Crippen LogP contribution is -2.48. The van der Waals surface area contributed by atoms with Crippen molar-refractivity contribution in [3.63, 3.8) is 0 Å². The van der Waals surface area contributed by atoms with Crippen LogP contribution in [0.2, 0.25) is 0 Å². The number of nitrogens with two attached hydrogens (primary N) is 1. The average molecular weight is 446 g/mol. The molecule has 1 aromatic heterocycles. The van der Waals surface area contributed by atoms with E-state index in [2.05, 4.69) is 4.98 Å². The van der Waals surface area contributed by atoms with Gasteiger partial charge in [-0.05, 0) is 51.8 Å². The Balaban J connectivity index is 1.85. The molecule has 0 bridgehead atoms. The maximum Gasteiger partial charge on any atom is 0.135 e. The van der Waals surface area contributed by atoms with Crippen LogP contribution in [0.4, 0.5) is 13.2 Å². The highest BCUT2D eigenvalue weighted by Gasteiger charge is 2.41. The van der Waals surface area contributed by atoms with Crippen molar-refractivity contribution in [1.29, 1.82) is 0 Å². The van der Waals surface area contributed by atoms with Gasteiger partial charge in [-0.2, -0.15) is 0 Å². The Bertz CT molecular complexity index is 1080. The quantitative estimate of drug-likeness (QED) is 0.488. The summed E-state index contributed by atoms with van der Waals surface area (Å²) in [6, 6.07) is 9.33. The van der Waals surface area contributed by atoms with Crippen molar-refractivity contribution in [2.75, 3.05) is 19.7 Å². The second-order valence-corrected chi connectivity index (χ2v) is 9.20. The molecule has 0 fully saturated rings. The Hall–Kier alpha value is -2.51. The lowest BCUT2D eigenvalue weighted by Gasteiger charge is -2.43. The second-order valence-electron chi connectivity index (χ2n) is 9.20. The van der Waals surface area contributed by atoms with E-state index in [1.165, 1.54) is 26.0 Å². The van der Waals surface area contributed by atoms with Gasteiger partial charge in [0.1, 0.15) is 23.1 Å². The third-order valence-electron chi connectivity index (χ3n) is 6.02. The van der Waals surface area contributed by atoms with Crippen LogP contribution in [0.15, 0.2) is 36.4 Å². The van der Waals surface area contributed by atoms with Crippen LogP contribution in [-0.4, -0.2) is 41.3 Å². The van der Waals surface area contributed by atoms with E-state index in [0.717, 1.165) is 16.5 Å². The number of benzene rings is 2. The van der Waals surface area contributed by atoms with Crippen molar-refractivity contribution in [3.05, 3.63) is 64.9 Å². The molecule has 0 saturated heterocycles. The largest absolute Gasteiger partial charge is 0.493 e. The summed E-state index contributed by atoms with van der Waals surface area (Å²) in [5.41, 5.74) is 6.47. The normalized spacial score (nSPS) is 19.3. The summed E-state index contributed by atoms with van der Waals surface area (Å²) in [6.07, 6.45) is 1.25. The molecule has 172 valence electrons. The van der Waals surface area contributed by atoms with E-state index in [9.17, 15) is 4.39 Å². The molecule has 0 unspecified atom stereocenters. The molecule has 32 heavy (non-hydrogen) atoms. The third kappa shape index (κ3) is 4.36. The number of ether oxygens (including phenoxy) is 1. The number of nitrogens with one attached hydrogen (secondary N) is 1. The van der Waals surface area contributed by atoms with E-state index in [0.29, 0.717) is 25.1 Å². The van der Waals surface area contributed by atoms with Crippen molar-refractivity contribution < 1.29 is 17.9 Å². The fraction of sp³-hybridized carbons (Fsp3) is 0.440. The summed E-state index contributed by atoms with van der Waals surface area (Å²) >= 11 is 0. The van der Waals surface area contributed by atoms with E-state index in [4.69, 9.17) is 10.5 Å². The Morgan fingerprint density at radius 1 is 1.19 bits per heavy atom. The van der Waals surface area contributed by atoms with Gasteiger partial charge in [-0.3, -0.25) is 4.90 Å². The molecule has 3 aromatic rings. The first-order valence-electron chi connectivity index (χ1n) is 11.1. The summed E-state index contributed by atoms with van der Waals surface area (Å²) < 4.78 is 51.1. The van der Waals surface area contributed by atoms with Crippen molar-refractivity contribution >= 4 is 10.9 Å². The Morgan fingerprint density at radius 3 is 2.53 bits per heavy atom. The summed E-state index contributed by atoms with van der Waals surface area (Å²) in [5.74, 6) is -1.30. The highest BCUT2D eigenvalue weighted by Crippen LogP contribution is 2.43. The monoisotopic (exact) mass is 445 g/mol. The summed E-state index contributed by atoms with van der Waals surface area (Å²) in [7, 11) is 0. The van der Waals surface area contributed by atoms with E-state index in [1.807, 2.05) is 36.1 Å². The first kappa shape index (κ1) is 22.7. The molecular formula is C25H30F3N3O. The number of rotatable bonds is 7. The number of halogens is 3. The van der Waals surface area contributed by atoms with Crippen molar-refractivity contribution in [2.24, 2.45) is 5.73 Å². The first-order valence-corrected chi connectivity index (χ1v) is 11.1. The number of hydrogen-bond donors (Lipinski definition) is 2. The van der Waals surface area contributed by atoms with Crippen LogP contribution in [0.1, 0.15) is 50.1 Å². The molecule has 3 N–H and O–H groups in total. The molecule has 2 atom stereocenters. The highest BCUT2D eigenvalue weighted by molar-refractivity contribution is 5.85. The van der Waals surface area contributed by atoms with E-state index in [1.54, 1.807) is 0 Å². The van der Waals surface area contributed by atoms with Gasteiger partial charge in [0, 0.05) is 46.9 Å². The highest BCUT2D eigenvalue weighted by atomic mass is 19.1. The Labute approximate surface area is 186 Å². The molecule has 0 spiro atoms. The molecule has 0 saturated carbocycles. The third-order valence-corrected chi connectivity index (χ3v) is 6.02. The predicted octanol–water partition coefficient (Wildman–Crippen LogP) is 5.26. The van der Waals surface area contributed by atoms with Crippen molar-refractivity contribution in [2.45, 2.75) is 51.4 Å². The minimum absolute atomic E-state index is 0.0429. The van der Waals surface area contributed by atoms with Crippen LogP contribution in [-0.2, 0) is 6.42 Å². The molecule has 7 heteroatoms. The Kier molecular flexibility index (Phi) is 6.23. The van der Waals surface area contributed by atoms with Crippen molar-refractivity contribution in [3.8, 4) is 5.75 Å². The predicted molar refractivity (Wildman–Crippen MR) is 121 cm³/mol. The molecule has 4 nitrogen and oxygen atoms in total. The van der Waals surface area contributed by atoms with Gasteiger partial charge in [-0.1, -0.05) is 18.2 Å². The summed E-state index contributed by atoms with van der Waals surface area (Å²) in [6.45, 7) is 5.70. The number of para-hydroxylation sites is 1. The molecule has 2 heterocycles. The molecule has 4 rings (SSSR count). The van der Waals surface area contributed by atoms with Crippen LogP contribution >= 0.6 is 0 Å². The van der Waals surface area contributed by atoms with Gasteiger partial charge >= 0.3 is 0 Å². The topological polar surface area (TPSA) is 54.3 Å². The SMILES string of the molecule is C[C@@H]1Cc2c([nH]c3ccccc23)[C@@H](c2c(F)cc(OCCCN)cc2F)N1CC(C)(C)F. The van der Waals surface area contributed by atoms with Crippen LogP contribution in [0.3, 0.4) is 0 Å². The maximum atomic E-state index is 15.4. The summed E-state index contributed by atoms with van der Waals surface area (Å²) in [4.78, 5) is 5.22. The molecule has 0 amide bonds. The number of fused-ring (bicyclic) bond motifs is 3. The standard InChI is InChI=1S/C25H30F3N3O/c1-15-11-18-17-7-4-5-8-21(17)30-23(18)24(31(15)14-25(2,3)28)22-19(26)12-16(13-20(22)27)32-10-6-9-29/h4-5,7-8,12-13,15,24,30H,6,9-11,14,29H2,1-3H3/t15-,24-/m1/s1. The molecule has 1 aliphatic rings. The van der Waals surface area contributed by atoms with Gasteiger partial charge in [-0.15, -0.1) is 0 Å². The zero-order valence-electron chi connectivity index (χ0n) is 18.7. The van der Waals surface area contributed by atoms with Crippen LogP contribution in [0.5, 0.6) is 5.75 Å². The lowest BCUT2D eigenvalue weighted by atomic mass is 9.87. The van der Waals surface area contributed by atoms with Crippen LogP contribution in [0, 0.1) is 11.6 Å². The van der Waals surface area contributed by atoms with E-state index < -0.39 is 23.3 Å². The zero-order chi connectivity index (χ0) is 23.0. The minimum Gasteiger partial charge on any atom is -0.493 e. The van der Waals surface area contributed by atoms with Gasteiger partial charge in [0.05, 0.1) is 12.6 Å². The van der Waals surface area contributed by atoms with Crippen molar-refractivity contribution in [1.82, 2.24) is 9.88 Å². The fourth-order valence-corrected chi connectivity index (χ4v) is 4.68. The average Bonchev–Trinajstić information content (AvgIpc) is 3.07. The summed E-state index contributed by atoms with van der Waals surface area (Å²) in [5, 5.41) is 1.03. The number of H-pyrrole nitrogens is 1. The van der Waals surface area contributed by atoms with Gasteiger partial charge in [0.25, 0.3) is 0 Å². The first-order chi connectivity index (χ1) is 15.2. The fourth-order valence-electron chi connectivity index (χ4n) is 4.68. The number of aromatic nitrogens is 1. The van der Waals surface area contributed by atoms with Gasteiger partial charge in [-0.25, -0.2) is 13.2 Å². The zero-order valence-corrected chi connectivity index (χ0v) is 18.7. The van der Waals surface area contributed by atoms with Gasteiger partial charge < -0.3 is 15.5 Å². The van der Waals surface area contributed by atoms with Gasteiger partial charge in [0.2, 0.25) is 0 Å². The molecular weight excluding hydrogens is 415 g/mol. The number of nitrogens with zero attached hydrogens (tertiary/aromatic N) is 1. The van der Waals surface area contributed by atoms with E-state index >= 15 is 8.78 Å². The lowest BCUT2D eigenvalue weighted by molar-refractivity contribution is 0.0642. The molecule has 1 aliphatic heterocycles. The molecule has 2 aromatic carbocycles. The van der Waals surface area contributed by atoms with Crippen LogP contribution in [0.25, 0.3) is 10.9 Å². The Morgan fingerprint density at radius 2 is 1.88 bits per heavy atom.